The number of morpholine rings is 1. The van der Waals surface area contributed by atoms with E-state index in [9.17, 15) is 4.79 Å². The SMILES string of the molecule is Cn1cc(-c2ccc3cnc(NC(=O)C4CCC(N5CCOCC5)CC4)cc3n2)nn1. The molecule has 0 spiro atoms. The molecular formula is C22H27N7O2. The van der Waals surface area contributed by atoms with Gasteiger partial charge in [-0.05, 0) is 37.8 Å². The van der Waals surface area contributed by atoms with Crippen LogP contribution in [0.25, 0.3) is 22.3 Å². The third kappa shape index (κ3) is 4.42. The maximum Gasteiger partial charge on any atom is 0.228 e. The van der Waals surface area contributed by atoms with E-state index in [1.54, 1.807) is 10.9 Å². The van der Waals surface area contributed by atoms with Crippen LogP contribution in [-0.4, -0.2) is 68.1 Å². The molecule has 0 aromatic carbocycles. The first-order valence-electron chi connectivity index (χ1n) is 10.9. The molecule has 9 nitrogen and oxygen atoms in total. The standard InChI is InChI=1S/C22H27N7O2/c1-28-14-20(26-27-28)18-7-4-16-13-23-21(12-19(16)24-18)25-22(30)15-2-5-17(6-3-15)29-8-10-31-11-9-29/h4,7,12-15,17H,2-3,5-6,8-11H2,1H3,(H,23,25,30). The number of aromatic nitrogens is 5. The van der Waals surface area contributed by atoms with Crippen LogP contribution >= 0.6 is 0 Å². The van der Waals surface area contributed by atoms with Gasteiger partial charge in [0.2, 0.25) is 5.91 Å². The monoisotopic (exact) mass is 421 g/mol. The summed E-state index contributed by atoms with van der Waals surface area (Å²) in [7, 11) is 1.82. The summed E-state index contributed by atoms with van der Waals surface area (Å²) in [5.41, 5.74) is 2.22. The van der Waals surface area contributed by atoms with Gasteiger partial charge in [0.05, 0.1) is 30.6 Å². The fourth-order valence-electron chi connectivity index (χ4n) is 4.57. The molecule has 3 aromatic rings. The lowest BCUT2D eigenvalue weighted by molar-refractivity contribution is -0.121. The summed E-state index contributed by atoms with van der Waals surface area (Å²) in [5, 5.41) is 12.0. The summed E-state index contributed by atoms with van der Waals surface area (Å²) in [5.74, 6) is 0.627. The van der Waals surface area contributed by atoms with Gasteiger partial charge in [0.25, 0.3) is 0 Å². The number of nitrogens with zero attached hydrogens (tertiary/aromatic N) is 6. The molecule has 162 valence electrons. The molecule has 31 heavy (non-hydrogen) atoms. The zero-order chi connectivity index (χ0) is 21.2. The lowest BCUT2D eigenvalue weighted by atomic mass is 9.84. The molecule has 1 N–H and O–H groups in total. The smallest absolute Gasteiger partial charge is 0.228 e. The van der Waals surface area contributed by atoms with E-state index in [0.29, 0.717) is 17.6 Å². The van der Waals surface area contributed by atoms with Crippen LogP contribution in [-0.2, 0) is 16.6 Å². The quantitative estimate of drug-likeness (QED) is 0.690. The fourth-order valence-corrected chi connectivity index (χ4v) is 4.57. The molecule has 9 heteroatoms. The molecule has 0 bridgehead atoms. The number of aryl methyl sites for hydroxylation is 1. The average Bonchev–Trinajstić information content (AvgIpc) is 3.25. The second-order valence-corrected chi connectivity index (χ2v) is 8.38. The van der Waals surface area contributed by atoms with Crippen molar-refractivity contribution < 1.29 is 9.53 Å². The molecule has 2 aliphatic rings. The number of rotatable bonds is 4. The Morgan fingerprint density at radius 2 is 1.94 bits per heavy atom. The minimum absolute atomic E-state index is 0.0358. The first-order valence-corrected chi connectivity index (χ1v) is 10.9. The number of carbonyl (C=O) groups excluding carboxylic acids is 1. The van der Waals surface area contributed by atoms with Crippen LogP contribution in [0.1, 0.15) is 25.7 Å². The number of ether oxygens (including phenoxy) is 1. The van der Waals surface area contributed by atoms with Gasteiger partial charge in [-0.2, -0.15) is 0 Å². The number of hydrogen-bond donors (Lipinski definition) is 1. The summed E-state index contributed by atoms with van der Waals surface area (Å²) >= 11 is 0. The van der Waals surface area contributed by atoms with Crippen molar-refractivity contribution in [2.45, 2.75) is 31.7 Å². The summed E-state index contributed by atoms with van der Waals surface area (Å²) in [6, 6.07) is 6.26. The second-order valence-electron chi connectivity index (χ2n) is 8.38. The van der Waals surface area contributed by atoms with E-state index in [1.165, 1.54) is 0 Å². The van der Waals surface area contributed by atoms with E-state index in [4.69, 9.17) is 4.74 Å². The zero-order valence-corrected chi connectivity index (χ0v) is 17.7. The lowest BCUT2D eigenvalue weighted by Crippen LogP contribution is -2.45. The largest absolute Gasteiger partial charge is 0.379 e. The van der Waals surface area contributed by atoms with Gasteiger partial charge in [-0.15, -0.1) is 5.10 Å². The number of pyridine rings is 2. The fraction of sp³-hybridized carbons (Fsp3) is 0.500. The third-order valence-corrected chi connectivity index (χ3v) is 6.32. The Bertz CT molecular complexity index is 1070. The molecule has 0 unspecified atom stereocenters. The lowest BCUT2D eigenvalue weighted by Gasteiger charge is -2.38. The minimum Gasteiger partial charge on any atom is -0.379 e. The predicted octanol–water partition coefficient (Wildman–Crippen LogP) is 2.25. The van der Waals surface area contributed by atoms with Gasteiger partial charge >= 0.3 is 0 Å². The van der Waals surface area contributed by atoms with Crippen molar-refractivity contribution in [1.29, 1.82) is 0 Å². The molecule has 4 heterocycles. The Balaban J connectivity index is 1.24. The maximum absolute atomic E-state index is 12.9. The van der Waals surface area contributed by atoms with Crippen LogP contribution in [0.4, 0.5) is 5.82 Å². The van der Waals surface area contributed by atoms with E-state index in [2.05, 4.69) is 30.5 Å². The number of hydrogen-bond acceptors (Lipinski definition) is 7. The van der Waals surface area contributed by atoms with Gasteiger partial charge < -0.3 is 10.1 Å². The Morgan fingerprint density at radius 1 is 1.13 bits per heavy atom. The van der Waals surface area contributed by atoms with E-state index in [1.807, 2.05) is 31.4 Å². The van der Waals surface area contributed by atoms with Crippen molar-refractivity contribution >= 4 is 22.6 Å². The highest BCUT2D eigenvalue weighted by Gasteiger charge is 2.30. The van der Waals surface area contributed by atoms with Gasteiger partial charge in [-0.1, -0.05) is 5.21 Å². The van der Waals surface area contributed by atoms with E-state index in [-0.39, 0.29) is 11.8 Å². The zero-order valence-electron chi connectivity index (χ0n) is 17.7. The summed E-state index contributed by atoms with van der Waals surface area (Å²) in [6.45, 7) is 3.65. The van der Waals surface area contributed by atoms with E-state index < -0.39 is 0 Å². The number of amides is 1. The number of fused-ring (bicyclic) bond motifs is 1. The van der Waals surface area contributed by atoms with Crippen molar-refractivity contribution in [2.75, 3.05) is 31.6 Å². The third-order valence-electron chi connectivity index (χ3n) is 6.32. The first-order chi connectivity index (χ1) is 15.2. The second kappa shape index (κ2) is 8.68. The normalized spacial score (nSPS) is 22.5. The summed E-state index contributed by atoms with van der Waals surface area (Å²) < 4.78 is 7.10. The highest BCUT2D eigenvalue weighted by Crippen LogP contribution is 2.29. The molecular weight excluding hydrogens is 394 g/mol. The van der Waals surface area contributed by atoms with Crippen molar-refractivity contribution in [3.63, 3.8) is 0 Å². The number of carbonyl (C=O) groups is 1. The first kappa shape index (κ1) is 20.0. The van der Waals surface area contributed by atoms with E-state index in [0.717, 1.165) is 68.6 Å². The van der Waals surface area contributed by atoms with Crippen molar-refractivity contribution in [3.8, 4) is 11.4 Å². The molecule has 0 atom stereocenters. The summed E-state index contributed by atoms with van der Waals surface area (Å²) in [6.07, 6.45) is 7.52. The molecule has 2 fully saturated rings. The molecule has 1 aliphatic carbocycles. The predicted molar refractivity (Wildman–Crippen MR) is 116 cm³/mol. The molecule has 5 rings (SSSR count). The van der Waals surface area contributed by atoms with E-state index >= 15 is 0 Å². The van der Waals surface area contributed by atoms with Gasteiger partial charge in [0.15, 0.2) is 0 Å². The number of anilines is 1. The highest BCUT2D eigenvalue weighted by atomic mass is 16.5. The number of nitrogens with one attached hydrogen (secondary N) is 1. The maximum atomic E-state index is 12.9. The molecule has 0 radical (unpaired) electrons. The molecule has 1 saturated heterocycles. The van der Waals surface area contributed by atoms with Gasteiger partial charge in [-0.3, -0.25) is 14.4 Å². The summed E-state index contributed by atoms with van der Waals surface area (Å²) in [4.78, 5) is 24.5. The van der Waals surface area contributed by atoms with Crippen LogP contribution < -0.4 is 5.32 Å². The average molecular weight is 422 g/mol. The molecule has 3 aromatic heterocycles. The topological polar surface area (TPSA) is 98.1 Å². The molecule has 1 aliphatic heterocycles. The Kier molecular flexibility index (Phi) is 5.61. The minimum atomic E-state index is 0.0358. The van der Waals surface area contributed by atoms with Crippen LogP contribution in [0.3, 0.4) is 0 Å². The van der Waals surface area contributed by atoms with Crippen LogP contribution in [0.15, 0.2) is 30.6 Å². The van der Waals surface area contributed by atoms with Crippen molar-refractivity contribution in [1.82, 2.24) is 29.9 Å². The van der Waals surface area contributed by atoms with Gasteiger partial charge in [-0.25, -0.2) is 9.97 Å². The van der Waals surface area contributed by atoms with Crippen LogP contribution in [0, 0.1) is 5.92 Å². The highest BCUT2D eigenvalue weighted by molar-refractivity contribution is 5.93. The van der Waals surface area contributed by atoms with Gasteiger partial charge in [0.1, 0.15) is 11.5 Å². The Labute approximate surface area is 180 Å². The van der Waals surface area contributed by atoms with Gasteiger partial charge in [0, 0.05) is 49.7 Å². The Morgan fingerprint density at radius 3 is 2.68 bits per heavy atom. The van der Waals surface area contributed by atoms with Crippen LogP contribution in [0.5, 0.6) is 0 Å². The van der Waals surface area contributed by atoms with Crippen molar-refractivity contribution in [3.05, 3.63) is 30.6 Å². The molecule has 1 saturated carbocycles. The Hall–Kier alpha value is -2.91. The molecule has 1 amide bonds. The van der Waals surface area contributed by atoms with Crippen molar-refractivity contribution in [2.24, 2.45) is 13.0 Å². The van der Waals surface area contributed by atoms with Crippen LogP contribution in [0.2, 0.25) is 0 Å².